The molecule has 0 aliphatic heterocycles. The first-order valence-electron chi connectivity index (χ1n) is 5.05. The van der Waals surface area contributed by atoms with Crippen molar-refractivity contribution in [1.29, 1.82) is 0 Å². The molecule has 0 aromatic heterocycles. The van der Waals surface area contributed by atoms with Crippen LogP contribution in [-0.2, 0) is 0 Å². The summed E-state index contributed by atoms with van der Waals surface area (Å²) in [6.45, 7) is 2.67. The number of urea groups is 1. The Morgan fingerprint density at radius 3 is 2.81 bits per heavy atom. The lowest BCUT2D eigenvalue weighted by molar-refractivity contribution is 0.252. The van der Waals surface area contributed by atoms with Crippen LogP contribution >= 0.6 is 15.9 Å². The first-order valence-corrected chi connectivity index (χ1v) is 5.84. The number of nitrogens with one attached hydrogen (secondary N) is 2. The molecule has 0 spiro atoms. The second kappa shape index (κ2) is 6.37. The first kappa shape index (κ1) is 12.8. The number of hydrogen-bond acceptors (Lipinski definition) is 2. The standard InChI is InChI=1S/C11H15BrN2O2/c1-3-4-13-11(15)14-9-5-8(12)6-10(7-9)16-2/h5-7H,3-4H2,1-2H3,(H2,13,14,15). The minimum Gasteiger partial charge on any atom is -0.497 e. The summed E-state index contributed by atoms with van der Waals surface area (Å²) in [4.78, 5) is 11.4. The molecule has 1 aromatic rings. The predicted octanol–water partition coefficient (Wildman–Crippen LogP) is 2.99. The van der Waals surface area contributed by atoms with Gasteiger partial charge in [0.15, 0.2) is 0 Å². The van der Waals surface area contributed by atoms with Crippen molar-refractivity contribution in [2.45, 2.75) is 13.3 Å². The van der Waals surface area contributed by atoms with Gasteiger partial charge in [0.2, 0.25) is 0 Å². The van der Waals surface area contributed by atoms with Crippen LogP contribution in [0.5, 0.6) is 5.75 Å². The van der Waals surface area contributed by atoms with Crippen LogP contribution < -0.4 is 15.4 Å². The van der Waals surface area contributed by atoms with E-state index in [2.05, 4.69) is 26.6 Å². The zero-order valence-electron chi connectivity index (χ0n) is 9.34. The monoisotopic (exact) mass is 286 g/mol. The summed E-state index contributed by atoms with van der Waals surface area (Å²) in [6, 6.07) is 5.20. The van der Waals surface area contributed by atoms with Crippen molar-refractivity contribution in [3.05, 3.63) is 22.7 Å². The van der Waals surface area contributed by atoms with E-state index in [4.69, 9.17) is 4.74 Å². The minimum atomic E-state index is -0.206. The van der Waals surface area contributed by atoms with Crippen molar-refractivity contribution < 1.29 is 9.53 Å². The molecule has 0 radical (unpaired) electrons. The molecule has 0 unspecified atom stereocenters. The lowest BCUT2D eigenvalue weighted by Crippen LogP contribution is -2.29. The average Bonchev–Trinajstić information content (AvgIpc) is 2.25. The lowest BCUT2D eigenvalue weighted by Gasteiger charge is -2.08. The van der Waals surface area contributed by atoms with Gasteiger partial charge >= 0.3 is 6.03 Å². The molecular weight excluding hydrogens is 272 g/mol. The number of hydrogen-bond donors (Lipinski definition) is 2. The van der Waals surface area contributed by atoms with Crippen LogP contribution in [0.15, 0.2) is 22.7 Å². The highest BCUT2D eigenvalue weighted by Crippen LogP contribution is 2.24. The average molecular weight is 287 g/mol. The summed E-state index contributed by atoms with van der Waals surface area (Å²) in [6.07, 6.45) is 0.912. The molecular formula is C11H15BrN2O2. The van der Waals surface area contributed by atoms with Crippen molar-refractivity contribution in [3.8, 4) is 5.75 Å². The maximum absolute atomic E-state index is 11.4. The molecule has 0 aliphatic carbocycles. The van der Waals surface area contributed by atoms with Gasteiger partial charge in [-0.05, 0) is 18.6 Å². The summed E-state index contributed by atoms with van der Waals surface area (Å²) >= 11 is 3.34. The van der Waals surface area contributed by atoms with E-state index in [0.29, 0.717) is 18.0 Å². The third-order valence-electron chi connectivity index (χ3n) is 1.90. The van der Waals surface area contributed by atoms with E-state index in [9.17, 15) is 4.79 Å². The molecule has 0 fully saturated rings. The molecule has 0 bridgehead atoms. The zero-order valence-corrected chi connectivity index (χ0v) is 10.9. The number of carbonyl (C=O) groups excluding carboxylic acids is 1. The fourth-order valence-corrected chi connectivity index (χ4v) is 1.64. The third kappa shape index (κ3) is 4.10. The number of amides is 2. The van der Waals surface area contributed by atoms with Crippen LogP contribution in [0.4, 0.5) is 10.5 Å². The molecule has 0 saturated carbocycles. The van der Waals surface area contributed by atoms with Crippen molar-refractivity contribution in [3.63, 3.8) is 0 Å². The highest BCUT2D eigenvalue weighted by atomic mass is 79.9. The number of rotatable bonds is 4. The van der Waals surface area contributed by atoms with Crippen molar-refractivity contribution in [2.24, 2.45) is 0 Å². The van der Waals surface area contributed by atoms with Crippen LogP contribution in [0.25, 0.3) is 0 Å². The number of ether oxygens (including phenoxy) is 1. The molecule has 0 saturated heterocycles. The predicted molar refractivity (Wildman–Crippen MR) is 68.0 cm³/mol. The van der Waals surface area contributed by atoms with Gasteiger partial charge < -0.3 is 15.4 Å². The Morgan fingerprint density at radius 2 is 2.19 bits per heavy atom. The number of carbonyl (C=O) groups is 1. The smallest absolute Gasteiger partial charge is 0.319 e. The van der Waals surface area contributed by atoms with Crippen molar-refractivity contribution >= 4 is 27.6 Å². The Hall–Kier alpha value is -1.23. The molecule has 4 nitrogen and oxygen atoms in total. The molecule has 2 N–H and O–H groups in total. The van der Waals surface area contributed by atoms with E-state index >= 15 is 0 Å². The zero-order chi connectivity index (χ0) is 12.0. The largest absolute Gasteiger partial charge is 0.497 e. The van der Waals surface area contributed by atoms with Gasteiger partial charge in [-0.3, -0.25) is 0 Å². The van der Waals surface area contributed by atoms with Gasteiger partial charge in [-0.25, -0.2) is 4.79 Å². The summed E-state index contributed by atoms with van der Waals surface area (Å²) in [5, 5.41) is 5.46. The third-order valence-corrected chi connectivity index (χ3v) is 2.36. The number of anilines is 1. The van der Waals surface area contributed by atoms with Crippen LogP contribution in [0.1, 0.15) is 13.3 Å². The molecule has 1 aromatic carbocycles. The molecule has 2 amide bonds. The van der Waals surface area contributed by atoms with Gasteiger partial charge in [-0.2, -0.15) is 0 Å². The van der Waals surface area contributed by atoms with Gasteiger partial charge in [0.25, 0.3) is 0 Å². The normalized spacial score (nSPS) is 9.69. The summed E-state index contributed by atoms with van der Waals surface area (Å²) < 4.78 is 5.96. The summed E-state index contributed by atoms with van der Waals surface area (Å²) in [5.41, 5.74) is 0.694. The molecule has 5 heteroatoms. The second-order valence-corrected chi connectivity index (χ2v) is 4.18. The molecule has 1 rings (SSSR count). The van der Waals surface area contributed by atoms with E-state index < -0.39 is 0 Å². The van der Waals surface area contributed by atoms with Gasteiger partial charge in [0.05, 0.1) is 7.11 Å². The quantitative estimate of drug-likeness (QED) is 0.894. The fourth-order valence-electron chi connectivity index (χ4n) is 1.17. The van der Waals surface area contributed by atoms with E-state index in [1.807, 2.05) is 19.1 Å². The Labute approximate surface area is 103 Å². The van der Waals surface area contributed by atoms with Gasteiger partial charge in [-0.15, -0.1) is 0 Å². The number of halogens is 1. The highest BCUT2D eigenvalue weighted by Gasteiger charge is 2.03. The van der Waals surface area contributed by atoms with Crippen molar-refractivity contribution in [1.82, 2.24) is 5.32 Å². The van der Waals surface area contributed by atoms with Crippen LogP contribution in [0, 0.1) is 0 Å². The lowest BCUT2D eigenvalue weighted by atomic mass is 10.3. The van der Waals surface area contributed by atoms with Crippen molar-refractivity contribution in [2.75, 3.05) is 19.0 Å². The van der Waals surface area contributed by atoms with Crippen LogP contribution in [0.2, 0.25) is 0 Å². The molecule has 0 heterocycles. The SMILES string of the molecule is CCCNC(=O)Nc1cc(Br)cc(OC)c1. The van der Waals surface area contributed by atoms with Crippen LogP contribution in [-0.4, -0.2) is 19.7 Å². The van der Waals surface area contributed by atoms with Gasteiger partial charge in [-0.1, -0.05) is 22.9 Å². The fraction of sp³-hybridized carbons (Fsp3) is 0.364. The molecule has 0 aliphatic rings. The topological polar surface area (TPSA) is 50.4 Å². The molecule has 16 heavy (non-hydrogen) atoms. The van der Waals surface area contributed by atoms with E-state index in [-0.39, 0.29) is 6.03 Å². The Kier molecular flexibility index (Phi) is 5.11. The Bertz CT molecular complexity index is 369. The Morgan fingerprint density at radius 1 is 1.44 bits per heavy atom. The molecule has 88 valence electrons. The van der Waals surface area contributed by atoms with E-state index in [0.717, 1.165) is 10.9 Å². The Balaban J connectivity index is 2.65. The highest BCUT2D eigenvalue weighted by molar-refractivity contribution is 9.10. The van der Waals surface area contributed by atoms with E-state index in [1.54, 1.807) is 13.2 Å². The second-order valence-electron chi connectivity index (χ2n) is 3.26. The maximum atomic E-state index is 11.4. The van der Waals surface area contributed by atoms with Gasteiger partial charge in [0, 0.05) is 22.8 Å². The van der Waals surface area contributed by atoms with E-state index in [1.165, 1.54) is 0 Å². The maximum Gasteiger partial charge on any atom is 0.319 e. The summed E-state index contributed by atoms with van der Waals surface area (Å²) in [7, 11) is 1.59. The first-order chi connectivity index (χ1) is 7.65. The molecule has 0 atom stereocenters. The number of methoxy groups -OCH3 is 1. The number of benzene rings is 1. The minimum absolute atomic E-state index is 0.206. The summed E-state index contributed by atoms with van der Waals surface area (Å²) in [5.74, 6) is 0.695. The van der Waals surface area contributed by atoms with Crippen LogP contribution in [0.3, 0.4) is 0 Å². The van der Waals surface area contributed by atoms with Gasteiger partial charge in [0.1, 0.15) is 5.75 Å².